The first-order valence-corrected chi connectivity index (χ1v) is 3.97. The van der Waals surface area contributed by atoms with Gasteiger partial charge in [-0.15, -0.1) is 0 Å². The van der Waals surface area contributed by atoms with E-state index in [1.54, 1.807) is 4.90 Å². The Kier molecular flexibility index (Phi) is 2.83. The molecule has 1 saturated heterocycles. The number of nitrogens with zero attached hydrogens (tertiary/aromatic N) is 1. The summed E-state index contributed by atoms with van der Waals surface area (Å²) in [6, 6.07) is 0. The van der Waals surface area contributed by atoms with Crippen LogP contribution in [0.1, 0.15) is 6.42 Å². The highest BCUT2D eigenvalue weighted by molar-refractivity contribution is 7.80. The van der Waals surface area contributed by atoms with E-state index in [1.807, 2.05) is 0 Å². The lowest BCUT2D eigenvalue weighted by molar-refractivity contribution is 0.186. The molecule has 0 radical (unpaired) electrons. The Morgan fingerprint density at radius 3 is 2.75 bits per heavy atom. The molecule has 12 heavy (non-hydrogen) atoms. The molecular formula is C6H10N2O3S. The molecule has 1 amide bonds. The SMILES string of the molecule is O=C(O)NC(=S)N1CC[C@@H](O)C1. The van der Waals surface area contributed by atoms with Gasteiger partial charge in [-0.2, -0.15) is 0 Å². The zero-order chi connectivity index (χ0) is 9.14. The smallest absolute Gasteiger partial charge is 0.410 e. The summed E-state index contributed by atoms with van der Waals surface area (Å²) in [4.78, 5) is 11.8. The number of carboxylic acid groups (broad SMARTS) is 1. The van der Waals surface area contributed by atoms with Crippen LogP contribution in [0.3, 0.4) is 0 Å². The molecule has 0 unspecified atom stereocenters. The fourth-order valence-electron chi connectivity index (χ4n) is 1.10. The predicted molar refractivity (Wildman–Crippen MR) is 46.0 cm³/mol. The molecule has 3 N–H and O–H groups in total. The van der Waals surface area contributed by atoms with Crippen molar-refractivity contribution in [2.75, 3.05) is 13.1 Å². The molecule has 0 aliphatic carbocycles. The zero-order valence-electron chi connectivity index (χ0n) is 6.36. The van der Waals surface area contributed by atoms with E-state index in [0.717, 1.165) is 0 Å². The van der Waals surface area contributed by atoms with E-state index in [1.165, 1.54) is 0 Å². The second-order valence-corrected chi connectivity index (χ2v) is 3.01. The molecule has 1 atom stereocenters. The quantitative estimate of drug-likeness (QED) is 0.453. The highest BCUT2D eigenvalue weighted by Gasteiger charge is 2.22. The van der Waals surface area contributed by atoms with Crippen molar-refractivity contribution in [1.82, 2.24) is 10.2 Å². The second-order valence-electron chi connectivity index (χ2n) is 2.62. The van der Waals surface area contributed by atoms with Crippen molar-refractivity contribution < 1.29 is 15.0 Å². The van der Waals surface area contributed by atoms with E-state index in [4.69, 9.17) is 22.4 Å². The lowest BCUT2D eigenvalue weighted by Crippen LogP contribution is -2.41. The number of hydrogen-bond donors (Lipinski definition) is 3. The number of nitrogens with one attached hydrogen (secondary N) is 1. The number of thiocarbonyl (C=S) groups is 1. The van der Waals surface area contributed by atoms with Gasteiger partial charge in [-0.25, -0.2) is 4.79 Å². The zero-order valence-corrected chi connectivity index (χ0v) is 7.17. The first-order valence-electron chi connectivity index (χ1n) is 3.56. The van der Waals surface area contributed by atoms with Gasteiger partial charge in [0.05, 0.1) is 6.10 Å². The van der Waals surface area contributed by atoms with Gasteiger partial charge in [-0.3, -0.25) is 5.32 Å². The maximum absolute atomic E-state index is 10.2. The van der Waals surface area contributed by atoms with Crippen molar-refractivity contribution in [2.45, 2.75) is 12.5 Å². The molecule has 0 bridgehead atoms. The highest BCUT2D eigenvalue weighted by atomic mass is 32.1. The van der Waals surface area contributed by atoms with Crippen molar-refractivity contribution in [3.8, 4) is 0 Å². The normalized spacial score (nSPS) is 22.4. The summed E-state index contributed by atoms with van der Waals surface area (Å²) in [5.41, 5.74) is 0. The summed E-state index contributed by atoms with van der Waals surface area (Å²) >= 11 is 4.77. The first kappa shape index (κ1) is 9.21. The van der Waals surface area contributed by atoms with Gasteiger partial charge in [0.1, 0.15) is 0 Å². The third-order valence-electron chi connectivity index (χ3n) is 1.66. The number of hydrogen-bond acceptors (Lipinski definition) is 3. The molecule has 1 aliphatic heterocycles. The molecule has 1 aliphatic rings. The fourth-order valence-corrected chi connectivity index (χ4v) is 1.35. The summed E-state index contributed by atoms with van der Waals surface area (Å²) in [5.74, 6) is 0. The molecule has 0 aromatic rings. The lowest BCUT2D eigenvalue weighted by atomic mass is 10.3. The minimum atomic E-state index is -1.17. The number of amides is 1. The summed E-state index contributed by atoms with van der Waals surface area (Å²) in [5, 5.41) is 19.7. The molecule has 0 aromatic carbocycles. The number of likely N-dealkylation sites (tertiary alicyclic amines) is 1. The molecule has 1 heterocycles. The van der Waals surface area contributed by atoms with Crippen LogP contribution >= 0.6 is 12.2 Å². The third-order valence-corrected chi connectivity index (χ3v) is 2.02. The average Bonchev–Trinajstić information content (AvgIpc) is 2.34. The maximum Gasteiger partial charge on any atom is 0.410 e. The number of aliphatic hydroxyl groups excluding tert-OH is 1. The van der Waals surface area contributed by atoms with E-state index in [0.29, 0.717) is 19.5 Å². The van der Waals surface area contributed by atoms with Gasteiger partial charge in [0.25, 0.3) is 0 Å². The largest absolute Gasteiger partial charge is 0.465 e. The number of carbonyl (C=O) groups is 1. The van der Waals surface area contributed by atoms with E-state index in [2.05, 4.69) is 5.32 Å². The molecule has 0 spiro atoms. The van der Waals surface area contributed by atoms with Crippen molar-refractivity contribution >= 4 is 23.4 Å². The molecule has 1 rings (SSSR count). The topological polar surface area (TPSA) is 72.8 Å². The van der Waals surface area contributed by atoms with Crippen LogP contribution in [0.25, 0.3) is 0 Å². The van der Waals surface area contributed by atoms with Crippen molar-refractivity contribution in [2.24, 2.45) is 0 Å². The van der Waals surface area contributed by atoms with Crippen LogP contribution < -0.4 is 5.32 Å². The molecule has 5 nitrogen and oxygen atoms in total. The average molecular weight is 190 g/mol. The minimum Gasteiger partial charge on any atom is -0.465 e. The van der Waals surface area contributed by atoms with Crippen LogP contribution in [0.5, 0.6) is 0 Å². The van der Waals surface area contributed by atoms with Crippen molar-refractivity contribution in [3.63, 3.8) is 0 Å². The van der Waals surface area contributed by atoms with Crippen LogP contribution in [0.15, 0.2) is 0 Å². The Morgan fingerprint density at radius 2 is 2.33 bits per heavy atom. The van der Waals surface area contributed by atoms with Crippen molar-refractivity contribution in [3.05, 3.63) is 0 Å². The Balaban J connectivity index is 2.38. The minimum absolute atomic E-state index is 0.166. The maximum atomic E-state index is 10.2. The molecule has 6 heteroatoms. The van der Waals surface area contributed by atoms with E-state index in [-0.39, 0.29) is 5.11 Å². The summed E-state index contributed by atoms with van der Waals surface area (Å²) in [6.07, 6.45) is -0.915. The Bertz CT molecular complexity index is 209. The van der Waals surface area contributed by atoms with Gasteiger partial charge in [0.2, 0.25) is 0 Å². The lowest BCUT2D eigenvalue weighted by Gasteiger charge is -2.17. The molecule has 1 fully saturated rings. The standard InChI is InChI=1S/C6H10N2O3S/c9-4-1-2-8(3-4)5(12)7-6(10)11/h4,9H,1-3H2,(H,7,12)(H,10,11)/t4-/m1/s1. The summed E-state index contributed by atoms with van der Waals surface area (Å²) in [6.45, 7) is 1.03. The van der Waals surface area contributed by atoms with Gasteiger partial charge in [-0.05, 0) is 18.6 Å². The highest BCUT2D eigenvalue weighted by Crippen LogP contribution is 2.08. The first-order chi connectivity index (χ1) is 5.59. The Labute approximate surface area is 75.0 Å². The van der Waals surface area contributed by atoms with E-state index < -0.39 is 12.2 Å². The van der Waals surface area contributed by atoms with Crippen LogP contribution in [0.4, 0.5) is 4.79 Å². The van der Waals surface area contributed by atoms with Gasteiger partial charge in [-0.1, -0.05) is 0 Å². The Morgan fingerprint density at radius 1 is 1.67 bits per heavy atom. The third kappa shape index (κ3) is 2.31. The second kappa shape index (κ2) is 3.68. The molecule has 0 aromatic heterocycles. The van der Waals surface area contributed by atoms with Gasteiger partial charge < -0.3 is 15.1 Å². The molecule has 0 saturated carbocycles. The monoisotopic (exact) mass is 190 g/mol. The van der Waals surface area contributed by atoms with Crippen LogP contribution in [0.2, 0.25) is 0 Å². The fraction of sp³-hybridized carbons (Fsp3) is 0.667. The van der Waals surface area contributed by atoms with E-state index >= 15 is 0 Å². The van der Waals surface area contributed by atoms with Gasteiger partial charge >= 0.3 is 6.09 Å². The van der Waals surface area contributed by atoms with Crippen LogP contribution in [-0.2, 0) is 0 Å². The van der Waals surface area contributed by atoms with Crippen molar-refractivity contribution in [1.29, 1.82) is 0 Å². The Hall–Kier alpha value is -0.880. The van der Waals surface area contributed by atoms with Crippen LogP contribution in [-0.4, -0.2) is 45.5 Å². The van der Waals surface area contributed by atoms with E-state index in [9.17, 15) is 4.79 Å². The van der Waals surface area contributed by atoms with Gasteiger partial charge in [0, 0.05) is 13.1 Å². The number of aliphatic hydroxyl groups is 1. The molecule has 68 valence electrons. The van der Waals surface area contributed by atoms with Crippen LogP contribution in [0, 0.1) is 0 Å². The molecular weight excluding hydrogens is 180 g/mol. The number of β-amino-alcohol motifs (C(OH)–C–C–N with tert-alkyl or cyclic N) is 1. The summed E-state index contributed by atoms with van der Waals surface area (Å²) in [7, 11) is 0. The van der Waals surface area contributed by atoms with Gasteiger partial charge in [0.15, 0.2) is 5.11 Å². The summed E-state index contributed by atoms with van der Waals surface area (Å²) < 4.78 is 0. The predicted octanol–water partition coefficient (Wildman–Crippen LogP) is -0.395. The number of rotatable bonds is 0.